The Balaban J connectivity index is 1.44. The minimum absolute atomic E-state index is 0.150. The van der Waals surface area contributed by atoms with Crippen molar-refractivity contribution in [2.75, 3.05) is 23.3 Å². The molecular weight excluding hydrogens is 485 g/mol. The van der Waals surface area contributed by atoms with Crippen LogP contribution in [0.4, 0.5) is 16.0 Å². The largest absolute Gasteiger partial charge is 0.478 e. The van der Waals surface area contributed by atoms with Crippen LogP contribution in [0, 0.1) is 17.1 Å². The molecule has 5 rings (SSSR count). The van der Waals surface area contributed by atoms with E-state index in [1.165, 1.54) is 24.3 Å². The molecule has 3 aromatic carbocycles. The van der Waals surface area contributed by atoms with Crippen LogP contribution in [0.3, 0.4) is 0 Å². The standard InChI is InChI=1S/C30H26FN3O4/c1-19(33-25-8-3-2-5-23(25)29(36)37)22-6-4-7-24-26(35)17-27(38-28(22)24)34-15-13-30(18-32,14-16-34)20-9-11-21(31)12-10-20/h2-12,17,19,33H,13-16H2,1H3,(H,36,37). The topological polar surface area (TPSA) is 107 Å². The molecule has 0 aliphatic carbocycles. The third-order valence-corrected chi connectivity index (χ3v) is 7.31. The molecular formula is C30H26FN3O4. The zero-order chi connectivity index (χ0) is 26.9. The van der Waals surface area contributed by atoms with E-state index in [2.05, 4.69) is 11.4 Å². The molecule has 0 amide bonds. The zero-order valence-electron chi connectivity index (χ0n) is 20.8. The summed E-state index contributed by atoms with van der Waals surface area (Å²) in [4.78, 5) is 26.7. The summed E-state index contributed by atoms with van der Waals surface area (Å²) in [6, 6.07) is 21.6. The van der Waals surface area contributed by atoms with Crippen molar-refractivity contribution in [3.05, 3.63) is 106 Å². The van der Waals surface area contributed by atoms with E-state index in [9.17, 15) is 24.3 Å². The van der Waals surface area contributed by atoms with Gasteiger partial charge in [-0.2, -0.15) is 5.26 Å². The molecule has 1 aromatic heterocycles. The first kappa shape index (κ1) is 25.0. The summed E-state index contributed by atoms with van der Waals surface area (Å²) in [5.41, 5.74) is 1.63. The van der Waals surface area contributed by atoms with Gasteiger partial charge in [0.1, 0.15) is 11.4 Å². The van der Waals surface area contributed by atoms with Gasteiger partial charge in [0.2, 0.25) is 0 Å². The maximum atomic E-state index is 13.4. The first-order valence-electron chi connectivity index (χ1n) is 12.4. The molecule has 7 nitrogen and oxygen atoms in total. The van der Waals surface area contributed by atoms with Crippen molar-refractivity contribution in [2.45, 2.75) is 31.2 Å². The Labute approximate surface area is 218 Å². The fourth-order valence-corrected chi connectivity index (χ4v) is 5.13. The Hall–Kier alpha value is -4.64. The molecule has 1 atom stereocenters. The molecule has 0 spiro atoms. The number of carboxylic acids is 1. The van der Waals surface area contributed by atoms with Gasteiger partial charge in [0.05, 0.1) is 28.5 Å². The summed E-state index contributed by atoms with van der Waals surface area (Å²) in [6.45, 7) is 2.85. The number of carbonyl (C=O) groups is 1. The molecule has 0 bridgehead atoms. The number of anilines is 2. The summed E-state index contributed by atoms with van der Waals surface area (Å²) in [5.74, 6) is -0.965. The SMILES string of the molecule is CC(Nc1ccccc1C(=O)O)c1cccc2c(=O)cc(N3CCC(C#N)(c4ccc(F)cc4)CC3)oc12. The van der Waals surface area contributed by atoms with E-state index in [1.54, 1.807) is 42.5 Å². The lowest BCUT2D eigenvalue weighted by molar-refractivity contribution is 0.0698. The Kier molecular flexibility index (Phi) is 6.60. The van der Waals surface area contributed by atoms with Crippen molar-refractivity contribution >= 4 is 28.5 Å². The molecule has 38 heavy (non-hydrogen) atoms. The van der Waals surface area contributed by atoms with E-state index in [0.717, 1.165) is 11.1 Å². The van der Waals surface area contributed by atoms with Gasteiger partial charge in [0.25, 0.3) is 0 Å². The van der Waals surface area contributed by atoms with Crippen molar-refractivity contribution < 1.29 is 18.7 Å². The molecule has 2 N–H and O–H groups in total. The Morgan fingerprint density at radius 3 is 2.50 bits per heavy atom. The molecule has 8 heteroatoms. The second kappa shape index (κ2) is 10.0. The van der Waals surface area contributed by atoms with E-state index in [4.69, 9.17) is 4.42 Å². The molecule has 1 aliphatic rings. The number of piperidine rings is 1. The number of nitrogens with one attached hydrogen (secondary N) is 1. The highest BCUT2D eigenvalue weighted by molar-refractivity contribution is 5.94. The summed E-state index contributed by atoms with van der Waals surface area (Å²) < 4.78 is 19.7. The van der Waals surface area contributed by atoms with Gasteiger partial charge < -0.3 is 19.7 Å². The van der Waals surface area contributed by atoms with Gasteiger partial charge in [-0.1, -0.05) is 36.4 Å². The minimum atomic E-state index is -1.04. The van der Waals surface area contributed by atoms with Gasteiger partial charge in [-0.15, -0.1) is 0 Å². The first-order valence-corrected chi connectivity index (χ1v) is 12.4. The Bertz CT molecular complexity index is 1600. The van der Waals surface area contributed by atoms with Gasteiger partial charge in [-0.05, 0) is 55.7 Å². The van der Waals surface area contributed by atoms with Crippen LogP contribution in [0.5, 0.6) is 0 Å². The maximum Gasteiger partial charge on any atom is 0.337 e. The Morgan fingerprint density at radius 2 is 1.82 bits per heavy atom. The number of aromatic carboxylic acids is 1. The highest BCUT2D eigenvalue weighted by Gasteiger charge is 2.37. The second-order valence-electron chi connectivity index (χ2n) is 9.58. The highest BCUT2D eigenvalue weighted by Crippen LogP contribution is 2.37. The van der Waals surface area contributed by atoms with Crippen LogP contribution in [-0.2, 0) is 5.41 Å². The summed E-state index contributed by atoms with van der Waals surface area (Å²) >= 11 is 0. The monoisotopic (exact) mass is 511 g/mol. The van der Waals surface area contributed by atoms with Crippen LogP contribution in [0.15, 0.2) is 82.0 Å². The normalized spacial score (nSPS) is 15.6. The fraction of sp³-hybridized carbons (Fsp3) is 0.233. The molecule has 4 aromatic rings. The predicted molar refractivity (Wildman–Crippen MR) is 143 cm³/mol. The van der Waals surface area contributed by atoms with Crippen molar-refractivity contribution in [3.8, 4) is 6.07 Å². The van der Waals surface area contributed by atoms with E-state index in [0.29, 0.717) is 48.5 Å². The quantitative estimate of drug-likeness (QED) is 0.334. The number of benzene rings is 3. The Morgan fingerprint density at radius 1 is 1.11 bits per heavy atom. The zero-order valence-corrected chi connectivity index (χ0v) is 20.8. The van der Waals surface area contributed by atoms with Gasteiger partial charge in [0, 0.05) is 30.4 Å². The van der Waals surface area contributed by atoms with E-state index < -0.39 is 11.4 Å². The third kappa shape index (κ3) is 4.59. The van der Waals surface area contributed by atoms with Crippen LogP contribution in [0.25, 0.3) is 11.0 Å². The maximum absolute atomic E-state index is 13.4. The van der Waals surface area contributed by atoms with Crippen molar-refractivity contribution in [1.29, 1.82) is 5.26 Å². The van der Waals surface area contributed by atoms with Crippen molar-refractivity contribution in [3.63, 3.8) is 0 Å². The summed E-state index contributed by atoms with van der Waals surface area (Å²) in [7, 11) is 0. The number of carboxylic acid groups (broad SMARTS) is 1. The van der Waals surface area contributed by atoms with Crippen LogP contribution in [0.1, 0.15) is 47.3 Å². The number of hydrogen-bond donors (Lipinski definition) is 2. The lowest BCUT2D eigenvalue weighted by Crippen LogP contribution is -2.42. The molecule has 192 valence electrons. The number of hydrogen-bond acceptors (Lipinski definition) is 6. The van der Waals surface area contributed by atoms with Gasteiger partial charge in [0.15, 0.2) is 11.3 Å². The van der Waals surface area contributed by atoms with Gasteiger partial charge in [-0.25, -0.2) is 9.18 Å². The molecule has 0 saturated carbocycles. The first-order chi connectivity index (χ1) is 18.3. The smallest absolute Gasteiger partial charge is 0.337 e. The molecule has 2 heterocycles. The average molecular weight is 512 g/mol. The van der Waals surface area contributed by atoms with E-state index >= 15 is 0 Å². The number of para-hydroxylation sites is 2. The van der Waals surface area contributed by atoms with Crippen LogP contribution in [0.2, 0.25) is 0 Å². The van der Waals surface area contributed by atoms with Crippen molar-refractivity contribution in [1.82, 2.24) is 0 Å². The number of fused-ring (bicyclic) bond motifs is 1. The molecule has 1 unspecified atom stereocenters. The number of halogens is 1. The van der Waals surface area contributed by atoms with Gasteiger partial charge in [-0.3, -0.25) is 4.79 Å². The summed E-state index contributed by atoms with van der Waals surface area (Å²) in [6.07, 6.45) is 1.00. The van der Waals surface area contributed by atoms with Crippen LogP contribution < -0.4 is 15.6 Å². The number of nitrogens with zero attached hydrogens (tertiary/aromatic N) is 2. The molecule has 1 fully saturated rings. The molecule has 0 radical (unpaired) electrons. The number of rotatable bonds is 6. The predicted octanol–water partition coefficient (Wildman–Crippen LogP) is 5.87. The van der Waals surface area contributed by atoms with E-state index in [1.807, 2.05) is 17.9 Å². The van der Waals surface area contributed by atoms with Crippen molar-refractivity contribution in [2.24, 2.45) is 0 Å². The molecule has 1 saturated heterocycles. The third-order valence-electron chi connectivity index (χ3n) is 7.31. The average Bonchev–Trinajstić information content (AvgIpc) is 2.93. The fourth-order valence-electron chi connectivity index (χ4n) is 5.13. The summed E-state index contributed by atoms with van der Waals surface area (Å²) in [5, 5.41) is 23.2. The number of nitriles is 1. The second-order valence-corrected chi connectivity index (χ2v) is 9.58. The minimum Gasteiger partial charge on any atom is -0.478 e. The van der Waals surface area contributed by atoms with Gasteiger partial charge >= 0.3 is 5.97 Å². The van der Waals surface area contributed by atoms with E-state index in [-0.39, 0.29) is 22.9 Å². The lowest BCUT2D eigenvalue weighted by atomic mass is 9.74. The lowest BCUT2D eigenvalue weighted by Gasteiger charge is -2.37. The highest BCUT2D eigenvalue weighted by atomic mass is 19.1. The van der Waals surface area contributed by atoms with Crippen LogP contribution in [-0.4, -0.2) is 24.2 Å². The molecule has 1 aliphatic heterocycles. The van der Waals surface area contributed by atoms with Crippen LogP contribution >= 0.6 is 0 Å².